The van der Waals surface area contributed by atoms with E-state index in [0.29, 0.717) is 6.42 Å². The molecule has 0 radical (unpaired) electrons. The lowest BCUT2D eigenvalue weighted by Crippen LogP contribution is -2.65. The van der Waals surface area contributed by atoms with E-state index in [0.717, 1.165) is 38.5 Å². The van der Waals surface area contributed by atoms with E-state index in [1.54, 1.807) is 6.08 Å². The summed E-state index contributed by atoms with van der Waals surface area (Å²) in [5.41, 5.74) is 0. The third-order valence-electron chi connectivity index (χ3n) is 15.2. The van der Waals surface area contributed by atoms with Crippen LogP contribution in [0.2, 0.25) is 0 Å². The van der Waals surface area contributed by atoms with Crippen molar-refractivity contribution in [1.29, 1.82) is 0 Å². The van der Waals surface area contributed by atoms with Crippen molar-refractivity contribution in [3.8, 4) is 0 Å². The largest absolute Gasteiger partial charge is 0.394 e. The molecule has 2 fully saturated rings. The molecule has 0 saturated carbocycles. The normalized spacial score (nSPS) is 25.4. The summed E-state index contributed by atoms with van der Waals surface area (Å²) in [4.78, 5) is 13.2. The minimum Gasteiger partial charge on any atom is -0.394 e. The van der Waals surface area contributed by atoms with Gasteiger partial charge in [-0.05, 0) is 19.3 Å². The second kappa shape index (κ2) is 45.7. The van der Waals surface area contributed by atoms with E-state index in [1.165, 1.54) is 199 Å². The number of aliphatic hydroxyl groups excluding tert-OH is 8. The number of allylic oxidation sites excluding steroid dienone is 1. The summed E-state index contributed by atoms with van der Waals surface area (Å²) in [6.07, 6.45) is 35.6. The molecule has 2 heterocycles. The average Bonchev–Trinajstić information content (AvgIpc) is 3.39. The molecular formula is C59H113NO13. The van der Waals surface area contributed by atoms with Crippen molar-refractivity contribution in [3.05, 3.63) is 12.2 Å². The van der Waals surface area contributed by atoms with Crippen molar-refractivity contribution in [2.75, 3.05) is 19.8 Å². The van der Waals surface area contributed by atoms with Gasteiger partial charge in [-0.25, -0.2) is 0 Å². The van der Waals surface area contributed by atoms with Gasteiger partial charge in [0.25, 0.3) is 0 Å². The monoisotopic (exact) mass is 1040 g/mol. The second-order valence-corrected chi connectivity index (χ2v) is 21.8. The molecule has 2 rings (SSSR count). The van der Waals surface area contributed by atoms with Crippen molar-refractivity contribution < 1.29 is 64.6 Å². The highest BCUT2D eigenvalue weighted by Gasteiger charge is 2.51. The fraction of sp³-hybridized carbons (Fsp3) is 0.949. The number of hydrogen-bond acceptors (Lipinski definition) is 13. The summed E-state index contributed by atoms with van der Waals surface area (Å²) in [5, 5.41) is 87.0. The van der Waals surface area contributed by atoms with Crippen LogP contribution in [0.3, 0.4) is 0 Å². The molecule has 0 aromatic rings. The van der Waals surface area contributed by atoms with Crippen molar-refractivity contribution >= 4 is 5.91 Å². The molecule has 1 amide bonds. The number of carbonyl (C=O) groups excluding carboxylic acids is 1. The lowest BCUT2D eigenvalue weighted by molar-refractivity contribution is -0.359. The number of aliphatic hydroxyl groups is 8. The van der Waals surface area contributed by atoms with Crippen molar-refractivity contribution in [1.82, 2.24) is 5.32 Å². The van der Waals surface area contributed by atoms with Gasteiger partial charge in [-0.15, -0.1) is 0 Å². The van der Waals surface area contributed by atoms with Crippen LogP contribution in [0.1, 0.15) is 264 Å². The summed E-state index contributed by atoms with van der Waals surface area (Å²) < 4.78 is 22.7. The van der Waals surface area contributed by atoms with E-state index < -0.39 is 86.8 Å². The first-order valence-electron chi connectivity index (χ1n) is 30.4. The molecule has 9 N–H and O–H groups in total. The maximum absolute atomic E-state index is 13.2. The van der Waals surface area contributed by atoms with Crippen molar-refractivity contribution in [2.24, 2.45) is 0 Å². The molecule has 2 aliphatic rings. The van der Waals surface area contributed by atoms with Gasteiger partial charge >= 0.3 is 0 Å². The minimum atomic E-state index is -1.78. The topological polar surface area (TPSA) is 228 Å². The zero-order valence-electron chi connectivity index (χ0n) is 46.4. The summed E-state index contributed by atoms with van der Waals surface area (Å²) in [5.74, 6) is -0.235. The number of ether oxygens (including phenoxy) is 4. The summed E-state index contributed by atoms with van der Waals surface area (Å²) >= 11 is 0. The first-order chi connectivity index (χ1) is 35.6. The minimum absolute atomic E-state index is 0.235. The first-order valence-corrected chi connectivity index (χ1v) is 30.4. The Morgan fingerprint density at radius 2 is 0.849 bits per heavy atom. The number of rotatable bonds is 49. The number of unbranched alkanes of at least 4 members (excludes halogenated alkanes) is 36. The number of carbonyl (C=O) groups is 1. The Bertz CT molecular complexity index is 1280. The van der Waals surface area contributed by atoms with Gasteiger partial charge in [0.1, 0.15) is 48.8 Å². The molecule has 2 saturated heterocycles. The van der Waals surface area contributed by atoms with Gasteiger partial charge in [0.15, 0.2) is 12.6 Å². The van der Waals surface area contributed by atoms with Gasteiger partial charge in [0.05, 0.1) is 32.0 Å². The Morgan fingerprint density at radius 3 is 1.26 bits per heavy atom. The molecule has 14 nitrogen and oxygen atoms in total. The molecule has 2 aliphatic heterocycles. The Kier molecular flexibility index (Phi) is 42.5. The van der Waals surface area contributed by atoms with Crippen molar-refractivity contribution in [2.45, 2.75) is 338 Å². The summed E-state index contributed by atoms with van der Waals surface area (Å²) in [6, 6.07) is -0.908. The van der Waals surface area contributed by atoms with Crippen LogP contribution in [-0.4, -0.2) is 140 Å². The maximum atomic E-state index is 13.2. The molecule has 12 unspecified atom stereocenters. The molecule has 0 spiro atoms. The molecule has 0 aliphatic carbocycles. The summed E-state index contributed by atoms with van der Waals surface area (Å²) in [7, 11) is 0. The zero-order chi connectivity index (χ0) is 53.2. The van der Waals surface area contributed by atoms with Gasteiger partial charge in [0, 0.05) is 6.42 Å². The Hall–Kier alpha value is -1.27. The van der Waals surface area contributed by atoms with Crippen LogP contribution in [0.5, 0.6) is 0 Å². The average molecular weight is 1040 g/mol. The van der Waals surface area contributed by atoms with Crippen LogP contribution in [0, 0.1) is 0 Å². The van der Waals surface area contributed by atoms with Gasteiger partial charge in [-0.1, -0.05) is 251 Å². The van der Waals surface area contributed by atoms with E-state index >= 15 is 0 Å². The SMILES string of the molecule is CCCCCCCCCCCC/C=C/C(O)C(COC1OC(CO)C(OC2OC(CO)C(O)C(O)C2O)C(O)C1O)NC(=O)CCCCCCCCCCCCCCCCCCCCCCCCCCCCC. The van der Waals surface area contributed by atoms with Gasteiger partial charge < -0.3 is 65.1 Å². The van der Waals surface area contributed by atoms with Gasteiger partial charge in [0.2, 0.25) is 5.91 Å². The molecule has 0 aromatic heterocycles. The van der Waals surface area contributed by atoms with Crippen LogP contribution in [-0.2, 0) is 23.7 Å². The van der Waals surface area contributed by atoms with E-state index in [1.807, 2.05) is 6.08 Å². The molecule has 432 valence electrons. The first kappa shape index (κ1) is 67.8. The van der Waals surface area contributed by atoms with Crippen LogP contribution >= 0.6 is 0 Å². The predicted octanol–water partition coefficient (Wildman–Crippen LogP) is 10.3. The number of amides is 1. The highest BCUT2D eigenvalue weighted by Crippen LogP contribution is 2.30. The zero-order valence-corrected chi connectivity index (χ0v) is 46.4. The molecule has 0 bridgehead atoms. The molecule has 14 heteroatoms. The lowest BCUT2D eigenvalue weighted by Gasteiger charge is -2.46. The maximum Gasteiger partial charge on any atom is 0.220 e. The smallest absolute Gasteiger partial charge is 0.220 e. The van der Waals surface area contributed by atoms with Crippen LogP contribution in [0.15, 0.2) is 12.2 Å². The fourth-order valence-corrected chi connectivity index (χ4v) is 10.3. The quantitative estimate of drug-likeness (QED) is 0.0204. The van der Waals surface area contributed by atoms with Gasteiger partial charge in [-0.3, -0.25) is 4.79 Å². The Morgan fingerprint density at radius 1 is 0.479 bits per heavy atom. The summed E-state index contributed by atoms with van der Waals surface area (Å²) in [6.45, 7) is 2.81. The standard InChI is InChI=1S/C59H113NO13/c1-3-5-7-9-11-13-15-17-18-19-20-21-22-23-24-25-26-27-28-29-30-31-33-35-37-39-41-43-51(64)60-47(48(63)42-40-38-36-34-32-16-14-12-10-8-6-4-2)46-70-58-56(69)54(67)57(50(45-62)72-58)73-59-55(68)53(66)52(65)49(44-61)71-59/h40,42,47-50,52-59,61-63,65-69H,3-39,41,43-46H2,1-2H3,(H,60,64)/b42-40+. The number of hydrogen-bond donors (Lipinski definition) is 9. The molecule has 12 atom stereocenters. The van der Waals surface area contributed by atoms with Crippen molar-refractivity contribution in [3.63, 3.8) is 0 Å². The highest BCUT2D eigenvalue weighted by molar-refractivity contribution is 5.76. The van der Waals surface area contributed by atoms with Gasteiger partial charge in [-0.2, -0.15) is 0 Å². The lowest BCUT2D eigenvalue weighted by atomic mass is 9.97. The van der Waals surface area contributed by atoms with E-state index in [2.05, 4.69) is 19.2 Å². The fourth-order valence-electron chi connectivity index (χ4n) is 10.3. The van der Waals surface area contributed by atoms with E-state index in [-0.39, 0.29) is 18.9 Å². The Balaban J connectivity index is 1.68. The van der Waals surface area contributed by atoms with E-state index in [4.69, 9.17) is 18.9 Å². The van der Waals surface area contributed by atoms with E-state index in [9.17, 15) is 45.6 Å². The third kappa shape index (κ3) is 31.7. The van der Waals surface area contributed by atoms with Crippen LogP contribution in [0.25, 0.3) is 0 Å². The Labute approximate surface area is 444 Å². The van der Waals surface area contributed by atoms with Crippen LogP contribution in [0.4, 0.5) is 0 Å². The third-order valence-corrected chi connectivity index (χ3v) is 15.2. The predicted molar refractivity (Wildman–Crippen MR) is 291 cm³/mol. The molecule has 73 heavy (non-hydrogen) atoms. The van der Waals surface area contributed by atoms with Crippen LogP contribution < -0.4 is 5.32 Å². The highest BCUT2D eigenvalue weighted by atomic mass is 16.7. The molecular weight excluding hydrogens is 931 g/mol. The second-order valence-electron chi connectivity index (χ2n) is 21.8. The number of nitrogens with one attached hydrogen (secondary N) is 1. The molecule has 0 aromatic carbocycles.